The Bertz CT molecular complexity index is 373. The van der Waals surface area contributed by atoms with Crippen molar-refractivity contribution < 1.29 is 4.79 Å². The fourth-order valence-corrected chi connectivity index (χ4v) is 1.53. The molecular formula is C15H23NO. The third-order valence-electron chi connectivity index (χ3n) is 3.00. The van der Waals surface area contributed by atoms with E-state index in [0.29, 0.717) is 0 Å². The van der Waals surface area contributed by atoms with Crippen molar-refractivity contribution >= 4 is 5.91 Å². The lowest BCUT2D eigenvalue weighted by Gasteiger charge is -2.19. The Morgan fingerprint density at radius 3 is 2.18 bits per heavy atom. The largest absolute Gasteiger partial charge is 0.350 e. The maximum atomic E-state index is 11.9. The van der Waals surface area contributed by atoms with E-state index in [1.165, 1.54) is 5.56 Å². The van der Waals surface area contributed by atoms with Gasteiger partial charge in [0, 0.05) is 11.6 Å². The Labute approximate surface area is 104 Å². The first-order chi connectivity index (χ1) is 7.84. The molecule has 0 fully saturated rings. The molecule has 1 amide bonds. The van der Waals surface area contributed by atoms with Gasteiger partial charge in [-0.3, -0.25) is 4.79 Å². The van der Waals surface area contributed by atoms with Crippen molar-refractivity contribution in [2.75, 3.05) is 0 Å². The molecule has 1 rings (SSSR count). The van der Waals surface area contributed by atoms with Crippen LogP contribution in [0.2, 0.25) is 0 Å². The molecule has 1 aromatic rings. The predicted molar refractivity (Wildman–Crippen MR) is 72.4 cm³/mol. The van der Waals surface area contributed by atoms with Crippen LogP contribution in [0.5, 0.6) is 0 Å². The molecule has 0 aromatic heterocycles. The molecule has 0 aliphatic rings. The molecule has 1 aromatic carbocycles. The first-order valence-electron chi connectivity index (χ1n) is 6.26. The normalized spacial score (nSPS) is 13.2. The van der Waals surface area contributed by atoms with Crippen molar-refractivity contribution in [2.24, 2.45) is 0 Å². The number of carbonyl (C=O) groups excluding carboxylic acids is 1. The Hall–Kier alpha value is -1.31. The Balaban J connectivity index is 2.78. The van der Waals surface area contributed by atoms with Gasteiger partial charge in [-0.25, -0.2) is 0 Å². The second kappa shape index (κ2) is 5.35. The van der Waals surface area contributed by atoms with E-state index >= 15 is 0 Å². The molecule has 2 heteroatoms. The molecule has 0 aliphatic carbocycles. The van der Waals surface area contributed by atoms with Crippen LogP contribution in [-0.4, -0.2) is 11.9 Å². The first kappa shape index (κ1) is 13.8. The number of rotatable bonds is 3. The molecule has 0 radical (unpaired) electrons. The van der Waals surface area contributed by atoms with Gasteiger partial charge < -0.3 is 5.32 Å². The van der Waals surface area contributed by atoms with Gasteiger partial charge in [-0.05, 0) is 36.5 Å². The Morgan fingerprint density at radius 1 is 1.24 bits per heavy atom. The molecule has 0 saturated carbocycles. The number of hydrogen-bond donors (Lipinski definition) is 1. The Morgan fingerprint density at radius 2 is 1.76 bits per heavy atom. The summed E-state index contributed by atoms with van der Waals surface area (Å²) in [7, 11) is 0. The van der Waals surface area contributed by atoms with Gasteiger partial charge >= 0.3 is 0 Å². The Kier molecular flexibility index (Phi) is 4.33. The molecule has 2 nitrogen and oxygen atoms in total. The van der Waals surface area contributed by atoms with Crippen LogP contribution in [0.4, 0.5) is 0 Å². The van der Waals surface area contributed by atoms with Crippen molar-refractivity contribution in [1.82, 2.24) is 5.32 Å². The highest BCUT2D eigenvalue weighted by atomic mass is 16.1. The second-order valence-electron chi connectivity index (χ2n) is 5.61. The van der Waals surface area contributed by atoms with E-state index in [2.05, 4.69) is 33.0 Å². The van der Waals surface area contributed by atoms with Crippen molar-refractivity contribution in [2.45, 2.75) is 52.5 Å². The van der Waals surface area contributed by atoms with E-state index in [0.717, 1.165) is 12.0 Å². The molecular weight excluding hydrogens is 210 g/mol. The van der Waals surface area contributed by atoms with Crippen LogP contribution in [-0.2, 0) is 5.41 Å². The molecule has 0 aliphatic heterocycles. The summed E-state index contributed by atoms with van der Waals surface area (Å²) in [4.78, 5) is 11.9. The monoisotopic (exact) mass is 233 g/mol. The molecule has 17 heavy (non-hydrogen) atoms. The van der Waals surface area contributed by atoms with E-state index in [1.807, 2.05) is 31.2 Å². The zero-order valence-corrected chi connectivity index (χ0v) is 11.5. The van der Waals surface area contributed by atoms with Crippen LogP contribution in [0.15, 0.2) is 24.3 Å². The maximum absolute atomic E-state index is 11.9. The molecule has 1 unspecified atom stereocenters. The van der Waals surface area contributed by atoms with Crippen LogP contribution in [0, 0.1) is 0 Å². The average molecular weight is 233 g/mol. The molecule has 1 N–H and O–H groups in total. The summed E-state index contributed by atoms with van der Waals surface area (Å²) in [6, 6.07) is 8.10. The summed E-state index contributed by atoms with van der Waals surface area (Å²) in [5.41, 5.74) is 2.11. The fourth-order valence-electron chi connectivity index (χ4n) is 1.53. The van der Waals surface area contributed by atoms with Crippen molar-refractivity contribution in [3.8, 4) is 0 Å². The van der Waals surface area contributed by atoms with Gasteiger partial charge in [-0.1, -0.05) is 39.8 Å². The summed E-state index contributed by atoms with van der Waals surface area (Å²) >= 11 is 0. The SMILES string of the molecule is CCC(C)NC(=O)c1ccc(C(C)(C)C)cc1. The highest BCUT2D eigenvalue weighted by Gasteiger charge is 2.14. The lowest BCUT2D eigenvalue weighted by Crippen LogP contribution is -2.31. The van der Waals surface area contributed by atoms with E-state index < -0.39 is 0 Å². The minimum Gasteiger partial charge on any atom is -0.350 e. The predicted octanol–water partition coefficient (Wildman–Crippen LogP) is 3.51. The van der Waals surface area contributed by atoms with Gasteiger partial charge in [0.15, 0.2) is 0 Å². The van der Waals surface area contributed by atoms with Gasteiger partial charge in [-0.15, -0.1) is 0 Å². The fraction of sp³-hybridized carbons (Fsp3) is 0.533. The van der Waals surface area contributed by atoms with Crippen LogP contribution in [0.3, 0.4) is 0 Å². The number of amides is 1. The number of nitrogens with one attached hydrogen (secondary N) is 1. The van der Waals surface area contributed by atoms with E-state index in [9.17, 15) is 4.79 Å². The van der Waals surface area contributed by atoms with Gasteiger partial charge in [0.2, 0.25) is 0 Å². The minimum absolute atomic E-state index is 0.0137. The number of carbonyl (C=O) groups is 1. The van der Waals surface area contributed by atoms with Crippen LogP contribution in [0.25, 0.3) is 0 Å². The lowest BCUT2D eigenvalue weighted by atomic mass is 9.86. The first-order valence-corrected chi connectivity index (χ1v) is 6.26. The van der Waals surface area contributed by atoms with E-state index in [1.54, 1.807) is 0 Å². The van der Waals surface area contributed by atoms with E-state index in [-0.39, 0.29) is 17.4 Å². The standard InChI is InChI=1S/C15H23NO/c1-6-11(2)16-14(17)12-7-9-13(10-8-12)15(3,4)5/h7-11H,6H2,1-5H3,(H,16,17). The molecule has 1 atom stereocenters. The summed E-state index contributed by atoms with van der Waals surface area (Å²) in [6.45, 7) is 10.6. The molecule has 0 saturated heterocycles. The van der Waals surface area contributed by atoms with Crippen molar-refractivity contribution in [3.63, 3.8) is 0 Å². The van der Waals surface area contributed by atoms with Gasteiger partial charge in [0.1, 0.15) is 0 Å². The molecule has 0 heterocycles. The lowest BCUT2D eigenvalue weighted by molar-refractivity contribution is 0.0939. The third-order valence-corrected chi connectivity index (χ3v) is 3.00. The summed E-state index contributed by atoms with van der Waals surface area (Å²) in [6.07, 6.45) is 0.950. The quantitative estimate of drug-likeness (QED) is 0.850. The topological polar surface area (TPSA) is 29.1 Å². The third kappa shape index (κ3) is 3.88. The highest BCUT2D eigenvalue weighted by molar-refractivity contribution is 5.94. The average Bonchev–Trinajstić information content (AvgIpc) is 2.27. The van der Waals surface area contributed by atoms with Gasteiger partial charge in [0.05, 0.1) is 0 Å². The van der Waals surface area contributed by atoms with Crippen LogP contribution in [0.1, 0.15) is 57.0 Å². The minimum atomic E-state index is 0.0137. The van der Waals surface area contributed by atoms with Gasteiger partial charge in [-0.2, -0.15) is 0 Å². The van der Waals surface area contributed by atoms with E-state index in [4.69, 9.17) is 0 Å². The summed E-state index contributed by atoms with van der Waals surface area (Å²) in [5.74, 6) is 0.0137. The summed E-state index contributed by atoms with van der Waals surface area (Å²) in [5, 5.41) is 2.97. The summed E-state index contributed by atoms with van der Waals surface area (Å²) < 4.78 is 0. The van der Waals surface area contributed by atoms with Crippen LogP contribution >= 0.6 is 0 Å². The molecule has 0 spiro atoms. The smallest absolute Gasteiger partial charge is 0.251 e. The van der Waals surface area contributed by atoms with Crippen molar-refractivity contribution in [3.05, 3.63) is 35.4 Å². The zero-order valence-electron chi connectivity index (χ0n) is 11.5. The maximum Gasteiger partial charge on any atom is 0.251 e. The second-order valence-corrected chi connectivity index (χ2v) is 5.61. The number of benzene rings is 1. The highest BCUT2D eigenvalue weighted by Crippen LogP contribution is 2.22. The number of hydrogen-bond acceptors (Lipinski definition) is 1. The molecule has 0 bridgehead atoms. The molecule has 94 valence electrons. The van der Waals surface area contributed by atoms with Crippen molar-refractivity contribution in [1.29, 1.82) is 0 Å². The zero-order chi connectivity index (χ0) is 13.1. The van der Waals surface area contributed by atoms with Gasteiger partial charge in [0.25, 0.3) is 5.91 Å². The van der Waals surface area contributed by atoms with Crippen LogP contribution < -0.4 is 5.32 Å².